The summed E-state index contributed by atoms with van der Waals surface area (Å²) in [6.07, 6.45) is 1.14. The van der Waals surface area contributed by atoms with Crippen LogP contribution in [0.5, 0.6) is 0 Å². The second-order valence-corrected chi connectivity index (χ2v) is 6.36. The summed E-state index contributed by atoms with van der Waals surface area (Å²) >= 11 is 0. The molecule has 1 aliphatic carbocycles. The number of amides is 1. The van der Waals surface area contributed by atoms with Crippen LogP contribution in [0.1, 0.15) is 23.7 Å². The third kappa shape index (κ3) is 3.24. The Labute approximate surface area is 143 Å². The van der Waals surface area contributed by atoms with Gasteiger partial charge in [-0.15, -0.1) is 0 Å². The highest BCUT2D eigenvalue weighted by molar-refractivity contribution is 5.83. The monoisotopic (exact) mass is 341 g/mol. The molecule has 1 aliphatic rings. The first-order chi connectivity index (χ1) is 12.1. The molecular weight excluding hydrogens is 324 g/mol. The molecule has 0 spiro atoms. The Morgan fingerprint density at radius 3 is 2.92 bits per heavy atom. The summed E-state index contributed by atoms with van der Waals surface area (Å²) in [4.78, 5) is 19.9. The summed E-state index contributed by atoms with van der Waals surface area (Å²) in [6.45, 7) is 0.452. The molecule has 4 nitrogen and oxygen atoms in total. The largest absolute Gasteiger partial charge is 0.355 e. The van der Waals surface area contributed by atoms with Crippen LogP contribution in [0.25, 0.3) is 11.0 Å². The van der Waals surface area contributed by atoms with Gasteiger partial charge in [-0.3, -0.25) is 4.79 Å². The van der Waals surface area contributed by atoms with Crippen LogP contribution in [0.3, 0.4) is 0 Å². The molecule has 0 saturated heterocycles. The van der Waals surface area contributed by atoms with Crippen molar-refractivity contribution < 1.29 is 13.6 Å². The highest BCUT2D eigenvalue weighted by atomic mass is 19.1. The van der Waals surface area contributed by atoms with E-state index in [1.165, 1.54) is 6.07 Å². The van der Waals surface area contributed by atoms with Gasteiger partial charge in [0.2, 0.25) is 5.91 Å². The molecule has 0 unspecified atom stereocenters. The number of benzene rings is 2. The standard InChI is InChI=1S/C19H17F2N3O/c20-11-5-6-15(21)13(9-11)12-10-14(12)19(25)22-8-7-18-23-16-3-1-2-4-17(16)24-18/h1-6,9,12,14H,7-8,10H2,(H,22,25)(H,23,24)/t12-,14-/m0/s1. The summed E-state index contributed by atoms with van der Waals surface area (Å²) in [5, 5.41) is 2.86. The van der Waals surface area contributed by atoms with E-state index in [4.69, 9.17) is 0 Å². The first-order valence-electron chi connectivity index (χ1n) is 8.28. The summed E-state index contributed by atoms with van der Waals surface area (Å²) < 4.78 is 27.0. The number of nitrogens with zero attached hydrogens (tertiary/aromatic N) is 1. The van der Waals surface area contributed by atoms with E-state index >= 15 is 0 Å². The number of H-pyrrole nitrogens is 1. The number of hydrogen-bond acceptors (Lipinski definition) is 2. The number of rotatable bonds is 5. The topological polar surface area (TPSA) is 57.8 Å². The lowest BCUT2D eigenvalue weighted by Crippen LogP contribution is -2.27. The molecule has 0 radical (unpaired) electrons. The van der Waals surface area contributed by atoms with Crippen LogP contribution < -0.4 is 5.32 Å². The number of nitrogens with one attached hydrogen (secondary N) is 2. The molecule has 1 saturated carbocycles. The van der Waals surface area contributed by atoms with E-state index in [0.29, 0.717) is 19.4 Å². The van der Waals surface area contributed by atoms with Gasteiger partial charge in [-0.2, -0.15) is 0 Å². The van der Waals surface area contributed by atoms with Gasteiger partial charge in [-0.25, -0.2) is 13.8 Å². The van der Waals surface area contributed by atoms with Crippen molar-refractivity contribution in [3.05, 3.63) is 65.5 Å². The number of aromatic nitrogens is 2. The van der Waals surface area contributed by atoms with Crippen molar-refractivity contribution in [1.82, 2.24) is 15.3 Å². The zero-order chi connectivity index (χ0) is 17.4. The van der Waals surface area contributed by atoms with Crippen LogP contribution in [0.2, 0.25) is 0 Å². The normalized spacial score (nSPS) is 19.1. The van der Waals surface area contributed by atoms with E-state index in [1.807, 2.05) is 24.3 Å². The predicted octanol–water partition coefficient (Wildman–Crippen LogP) is 3.30. The first-order valence-corrected chi connectivity index (χ1v) is 8.28. The third-order valence-corrected chi connectivity index (χ3v) is 4.58. The van der Waals surface area contributed by atoms with Crippen molar-refractivity contribution in [3.8, 4) is 0 Å². The highest BCUT2D eigenvalue weighted by Crippen LogP contribution is 2.48. The fourth-order valence-electron chi connectivity index (χ4n) is 3.19. The lowest BCUT2D eigenvalue weighted by atomic mass is 10.1. The quantitative estimate of drug-likeness (QED) is 0.748. The molecule has 1 amide bonds. The molecule has 6 heteroatoms. The first kappa shape index (κ1) is 15.7. The van der Waals surface area contributed by atoms with Crippen LogP contribution >= 0.6 is 0 Å². The molecule has 2 aromatic carbocycles. The smallest absolute Gasteiger partial charge is 0.223 e. The van der Waals surface area contributed by atoms with Crippen molar-refractivity contribution in [2.24, 2.45) is 5.92 Å². The Hall–Kier alpha value is -2.76. The lowest BCUT2D eigenvalue weighted by Gasteiger charge is -2.05. The van der Waals surface area contributed by atoms with E-state index in [9.17, 15) is 13.6 Å². The number of para-hydroxylation sites is 2. The SMILES string of the molecule is O=C(NCCc1nc2ccccc2[nH]1)[C@H]1C[C@H]1c1cc(F)ccc1F. The number of imidazole rings is 1. The van der Waals surface area contributed by atoms with E-state index in [-0.39, 0.29) is 23.3 Å². The van der Waals surface area contributed by atoms with E-state index < -0.39 is 11.6 Å². The third-order valence-electron chi connectivity index (χ3n) is 4.58. The van der Waals surface area contributed by atoms with Gasteiger partial charge in [-0.05, 0) is 48.2 Å². The second kappa shape index (κ2) is 6.27. The molecule has 0 bridgehead atoms. The summed E-state index contributed by atoms with van der Waals surface area (Å²) in [5.74, 6) is -0.764. The zero-order valence-electron chi connectivity index (χ0n) is 13.4. The average molecular weight is 341 g/mol. The second-order valence-electron chi connectivity index (χ2n) is 6.36. The Morgan fingerprint density at radius 2 is 2.08 bits per heavy atom. The molecule has 1 heterocycles. The lowest BCUT2D eigenvalue weighted by molar-refractivity contribution is -0.122. The van der Waals surface area contributed by atoms with Crippen LogP contribution in [0.15, 0.2) is 42.5 Å². The van der Waals surface area contributed by atoms with Crippen LogP contribution in [0.4, 0.5) is 8.78 Å². The van der Waals surface area contributed by atoms with Crippen LogP contribution in [-0.4, -0.2) is 22.4 Å². The molecule has 1 aromatic heterocycles. The highest BCUT2D eigenvalue weighted by Gasteiger charge is 2.45. The van der Waals surface area contributed by atoms with Gasteiger partial charge >= 0.3 is 0 Å². The molecule has 1 fully saturated rings. The maximum absolute atomic E-state index is 13.8. The molecule has 4 rings (SSSR count). The van der Waals surface area contributed by atoms with Gasteiger partial charge in [0.1, 0.15) is 17.5 Å². The minimum absolute atomic E-state index is 0.121. The molecule has 3 aromatic rings. The molecule has 128 valence electrons. The van der Waals surface area contributed by atoms with E-state index in [0.717, 1.165) is 29.0 Å². The van der Waals surface area contributed by atoms with Crippen molar-refractivity contribution in [2.75, 3.05) is 6.54 Å². The summed E-state index contributed by atoms with van der Waals surface area (Å²) in [6, 6.07) is 11.1. The minimum atomic E-state index is -0.479. The fourth-order valence-corrected chi connectivity index (χ4v) is 3.19. The van der Waals surface area contributed by atoms with Crippen molar-refractivity contribution in [1.29, 1.82) is 0 Å². The van der Waals surface area contributed by atoms with Gasteiger partial charge in [0.05, 0.1) is 11.0 Å². The molecule has 2 atom stereocenters. The van der Waals surface area contributed by atoms with E-state index in [1.54, 1.807) is 0 Å². The maximum Gasteiger partial charge on any atom is 0.223 e. The molecule has 0 aliphatic heterocycles. The van der Waals surface area contributed by atoms with Crippen LogP contribution in [-0.2, 0) is 11.2 Å². The maximum atomic E-state index is 13.8. The number of carbonyl (C=O) groups is 1. The molecule has 2 N–H and O–H groups in total. The average Bonchev–Trinajstić information content (AvgIpc) is 3.29. The van der Waals surface area contributed by atoms with Crippen molar-refractivity contribution in [3.63, 3.8) is 0 Å². The van der Waals surface area contributed by atoms with Crippen LogP contribution in [0, 0.1) is 17.6 Å². The predicted molar refractivity (Wildman–Crippen MR) is 90.0 cm³/mol. The number of fused-ring (bicyclic) bond motifs is 1. The summed E-state index contributed by atoms with van der Waals surface area (Å²) in [7, 11) is 0. The van der Waals surface area contributed by atoms with E-state index in [2.05, 4.69) is 15.3 Å². The van der Waals surface area contributed by atoms with Gasteiger partial charge < -0.3 is 10.3 Å². The number of aromatic amines is 1. The number of carbonyl (C=O) groups excluding carboxylic acids is 1. The van der Waals surface area contributed by atoms with Gasteiger partial charge in [-0.1, -0.05) is 12.1 Å². The van der Waals surface area contributed by atoms with Crippen molar-refractivity contribution in [2.45, 2.75) is 18.8 Å². The van der Waals surface area contributed by atoms with Gasteiger partial charge in [0.25, 0.3) is 0 Å². The van der Waals surface area contributed by atoms with Gasteiger partial charge in [0.15, 0.2) is 0 Å². The minimum Gasteiger partial charge on any atom is -0.355 e. The molecular formula is C19H17F2N3O. The fraction of sp³-hybridized carbons (Fsp3) is 0.263. The Kier molecular flexibility index (Phi) is 3.95. The Bertz CT molecular complexity index is 904. The van der Waals surface area contributed by atoms with Crippen molar-refractivity contribution >= 4 is 16.9 Å². The summed E-state index contributed by atoms with van der Waals surface area (Å²) in [5.41, 5.74) is 2.15. The molecule has 25 heavy (non-hydrogen) atoms. The van der Waals surface area contributed by atoms with Gasteiger partial charge in [0, 0.05) is 18.9 Å². The Balaban J connectivity index is 1.32. The Morgan fingerprint density at radius 1 is 1.24 bits per heavy atom. The zero-order valence-corrected chi connectivity index (χ0v) is 13.4. The number of hydrogen-bond donors (Lipinski definition) is 2. The number of halogens is 2.